The molecule has 0 aliphatic heterocycles. The van der Waals surface area contributed by atoms with Crippen LogP contribution in [0.3, 0.4) is 0 Å². The highest BCUT2D eigenvalue weighted by Crippen LogP contribution is 2.22. The van der Waals surface area contributed by atoms with Gasteiger partial charge in [-0.1, -0.05) is 12.2 Å². The molecule has 0 heterocycles. The van der Waals surface area contributed by atoms with Gasteiger partial charge in [0.05, 0.1) is 11.0 Å². The highest BCUT2D eigenvalue weighted by Gasteiger charge is 2.10. The van der Waals surface area contributed by atoms with E-state index in [9.17, 15) is 14.5 Å². The van der Waals surface area contributed by atoms with E-state index >= 15 is 0 Å². The minimum Gasteiger partial charge on any atom is -0.486 e. The summed E-state index contributed by atoms with van der Waals surface area (Å²) in [6.45, 7) is 0.554. The monoisotopic (exact) mass is 226 g/mol. The van der Waals surface area contributed by atoms with Gasteiger partial charge in [0.1, 0.15) is 6.61 Å². The number of benzene rings is 1. The SMILES string of the molecule is NCC=CCOc1ccc([N+](=O)[O-])cc1F. The maximum absolute atomic E-state index is 13.2. The van der Waals surface area contributed by atoms with E-state index in [-0.39, 0.29) is 18.0 Å². The Hall–Kier alpha value is -1.95. The van der Waals surface area contributed by atoms with Crippen molar-refractivity contribution in [2.24, 2.45) is 5.73 Å². The number of nitrogens with two attached hydrogens (primary N) is 1. The molecule has 2 N–H and O–H groups in total. The third kappa shape index (κ3) is 3.32. The summed E-state index contributed by atoms with van der Waals surface area (Å²) in [6, 6.07) is 3.23. The summed E-state index contributed by atoms with van der Waals surface area (Å²) >= 11 is 0. The molecule has 0 fully saturated rings. The first-order valence-electron chi connectivity index (χ1n) is 4.57. The zero-order valence-corrected chi connectivity index (χ0v) is 8.43. The van der Waals surface area contributed by atoms with Crippen LogP contribution in [0.2, 0.25) is 0 Å². The molecule has 1 aromatic carbocycles. The van der Waals surface area contributed by atoms with Gasteiger partial charge in [-0.2, -0.15) is 0 Å². The molecule has 0 bridgehead atoms. The molecule has 0 saturated heterocycles. The Morgan fingerprint density at radius 2 is 2.25 bits per heavy atom. The van der Waals surface area contributed by atoms with Crippen molar-refractivity contribution in [2.75, 3.05) is 13.2 Å². The summed E-state index contributed by atoms with van der Waals surface area (Å²) in [6.07, 6.45) is 3.31. The first-order valence-corrected chi connectivity index (χ1v) is 4.57. The van der Waals surface area contributed by atoms with E-state index in [0.717, 1.165) is 6.07 Å². The molecule has 1 rings (SSSR count). The highest BCUT2D eigenvalue weighted by atomic mass is 19.1. The van der Waals surface area contributed by atoms with Gasteiger partial charge < -0.3 is 10.5 Å². The lowest BCUT2D eigenvalue weighted by molar-refractivity contribution is -0.385. The molecule has 0 amide bonds. The molecule has 0 aromatic heterocycles. The van der Waals surface area contributed by atoms with Gasteiger partial charge in [0.2, 0.25) is 0 Å². The van der Waals surface area contributed by atoms with Gasteiger partial charge in [0.15, 0.2) is 11.6 Å². The van der Waals surface area contributed by atoms with Crippen molar-refractivity contribution < 1.29 is 14.1 Å². The third-order valence-corrected chi connectivity index (χ3v) is 1.76. The second-order valence-electron chi connectivity index (χ2n) is 2.89. The number of ether oxygens (including phenoxy) is 1. The quantitative estimate of drug-likeness (QED) is 0.470. The first kappa shape index (κ1) is 12.1. The number of nitrogens with zero attached hydrogens (tertiary/aromatic N) is 1. The van der Waals surface area contributed by atoms with Crippen LogP contribution in [0.15, 0.2) is 30.4 Å². The Kier molecular flexibility index (Phi) is 4.41. The third-order valence-electron chi connectivity index (χ3n) is 1.76. The van der Waals surface area contributed by atoms with E-state index < -0.39 is 10.7 Å². The molecule has 0 aliphatic rings. The van der Waals surface area contributed by atoms with Crippen molar-refractivity contribution >= 4 is 5.69 Å². The van der Waals surface area contributed by atoms with Crippen LogP contribution in [0, 0.1) is 15.9 Å². The number of nitro benzene ring substituents is 1. The highest BCUT2D eigenvalue weighted by molar-refractivity contribution is 5.37. The lowest BCUT2D eigenvalue weighted by atomic mass is 10.3. The van der Waals surface area contributed by atoms with Crippen LogP contribution in [0.5, 0.6) is 5.75 Å². The van der Waals surface area contributed by atoms with Crippen molar-refractivity contribution in [3.8, 4) is 5.75 Å². The fourth-order valence-corrected chi connectivity index (χ4v) is 1.02. The molecule has 16 heavy (non-hydrogen) atoms. The van der Waals surface area contributed by atoms with E-state index in [1.807, 2.05) is 0 Å². The van der Waals surface area contributed by atoms with Crippen LogP contribution in [-0.4, -0.2) is 18.1 Å². The summed E-state index contributed by atoms with van der Waals surface area (Å²) < 4.78 is 18.3. The van der Waals surface area contributed by atoms with Gasteiger partial charge in [-0.25, -0.2) is 4.39 Å². The lowest BCUT2D eigenvalue weighted by Crippen LogP contribution is -1.99. The Morgan fingerprint density at radius 3 is 2.81 bits per heavy atom. The van der Waals surface area contributed by atoms with Gasteiger partial charge in [-0.05, 0) is 6.07 Å². The van der Waals surface area contributed by atoms with Crippen LogP contribution in [-0.2, 0) is 0 Å². The zero-order valence-electron chi connectivity index (χ0n) is 8.43. The topological polar surface area (TPSA) is 78.4 Å². The fourth-order valence-electron chi connectivity index (χ4n) is 1.02. The van der Waals surface area contributed by atoms with Crippen molar-refractivity contribution in [1.82, 2.24) is 0 Å². The zero-order chi connectivity index (χ0) is 12.0. The Bertz CT molecular complexity index is 407. The van der Waals surface area contributed by atoms with E-state index in [4.69, 9.17) is 10.5 Å². The molecular formula is C10H11FN2O3. The predicted octanol–water partition coefficient (Wildman–Crippen LogP) is 1.63. The summed E-state index contributed by atoms with van der Waals surface area (Å²) in [4.78, 5) is 9.67. The standard InChI is InChI=1S/C10H11FN2O3/c11-9-7-8(13(14)15)3-4-10(9)16-6-2-1-5-12/h1-4,7H,5-6,12H2. The summed E-state index contributed by atoms with van der Waals surface area (Å²) in [7, 11) is 0. The molecule has 1 aromatic rings. The number of halogens is 1. The molecule has 0 radical (unpaired) electrons. The number of hydrogen-bond donors (Lipinski definition) is 1. The molecule has 0 atom stereocenters. The van der Waals surface area contributed by atoms with Crippen LogP contribution in [0.25, 0.3) is 0 Å². The smallest absolute Gasteiger partial charge is 0.272 e. The molecule has 0 spiro atoms. The summed E-state index contributed by atoms with van der Waals surface area (Å²) in [5.74, 6) is -0.775. The normalized spacial score (nSPS) is 10.6. The molecule has 0 saturated carbocycles. The van der Waals surface area contributed by atoms with E-state index in [0.29, 0.717) is 6.54 Å². The van der Waals surface area contributed by atoms with Crippen LogP contribution >= 0.6 is 0 Å². The van der Waals surface area contributed by atoms with Crippen molar-refractivity contribution in [3.05, 3.63) is 46.3 Å². The van der Waals surface area contributed by atoms with E-state index in [1.165, 1.54) is 12.1 Å². The Labute approximate surface area is 91.5 Å². The van der Waals surface area contributed by atoms with Crippen LogP contribution in [0.1, 0.15) is 0 Å². The summed E-state index contributed by atoms with van der Waals surface area (Å²) in [5.41, 5.74) is 4.90. The molecule has 0 unspecified atom stereocenters. The van der Waals surface area contributed by atoms with Crippen molar-refractivity contribution in [1.29, 1.82) is 0 Å². The lowest BCUT2D eigenvalue weighted by Gasteiger charge is -2.03. The van der Waals surface area contributed by atoms with E-state index in [2.05, 4.69) is 0 Å². The average molecular weight is 226 g/mol. The second-order valence-corrected chi connectivity index (χ2v) is 2.89. The van der Waals surface area contributed by atoms with Gasteiger partial charge in [-0.15, -0.1) is 0 Å². The van der Waals surface area contributed by atoms with Gasteiger partial charge in [0, 0.05) is 12.6 Å². The maximum Gasteiger partial charge on any atom is 0.272 e. The molecule has 5 nitrogen and oxygen atoms in total. The number of nitro groups is 1. The fraction of sp³-hybridized carbons (Fsp3) is 0.200. The Morgan fingerprint density at radius 1 is 1.50 bits per heavy atom. The largest absolute Gasteiger partial charge is 0.486 e. The first-order chi connectivity index (χ1) is 7.65. The van der Waals surface area contributed by atoms with E-state index in [1.54, 1.807) is 12.2 Å². The molecule has 6 heteroatoms. The molecule has 0 aliphatic carbocycles. The van der Waals surface area contributed by atoms with Gasteiger partial charge in [-0.3, -0.25) is 10.1 Å². The molecule has 86 valence electrons. The Balaban J connectivity index is 2.68. The average Bonchev–Trinajstić information content (AvgIpc) is 2.26. The number of rotatable bonds is 5. The van der Waals surface area contributed by atoms with Crippen LogP contribution in [0.4, 0.5) is 10.1 Å². The van der Waals surface area contributed by atoms with Crippen LogP contribution < -0.4 is 10.5 Å². The van der Waals surface area contributed by atoms with Gasteiger partial charge >= 0.3 is 0 Å². The number of non-ortho nitro benzene ring substituents is 1. The minimum atomic E-state index is -0.754. The maximum atomic E-state index is 13.2. The van der Waals surface area contributed by atoms with Crippen molar-refractivity contribution in [2.45, 2.75) is 0 Å². The second kappa shape index (κ2) is 5.82. The minimum absolute atomic E-state index is 0.0210. The van der Waals surface area contributed by atoms with Crippen molar-refractivity contribution in [3.63, 3.8) is 0 Å². The summed E-state index contributed by atoms with van der Waals surface area (Å²) in [5, 5.41) is 10.3. The predicted molar refractivity (Wildman–Crippen MR) is 56.7 cm³/mol. The van der Waals surface area contributed by atoms with Gasteiger partial charge in [0.25, 0.3) is 5.69 Å². The molecular weight excluding hydrogens is 215 g/mol. The number of hydrogen-bond acceptors (Lipinski definition) is 4.